The van der Waals surface area contributed by atoms with E-state index in [4.69, 9.17) is 15.9 Å². The van der Waals surface area contributed by atoms with Crippen LogP contribution in [-0.2, 0) is 0 Å². The van der Waals surface area contributed by atoms with Gasteiger partial charge in [-0.3, -0.25) is 0 Å². The summed E-state index contributed by atoms with van der Waals surface area (Å²) >= 11 is 0. The van der Waals surface area contributed by atoms with Crippen molar-refractivity contribution in [1.82, 2.24) is 0 Å². The van der Waals surface area contributed by atoms with Gasteiger partial charge in [-0.25, -0.2) is 0 Å². The zero-order chi connectivity index (χ0) is 12.8. The Bertz CT molecular complexity index is 441. The van der Waals surface area contributed by atoms with Crippen molar-refractivity contribution in [2.45, 2.75) is 19.8 Å². The fourth-order valence-electron chi connectivity index (χ4n) is 1.48. The van der Waals surface area contributed by atoms with Crippen LogP contribution in [0.25, 0.3) is 0 Å². The van der Waals surface area contributed by atoms with Gasteiger partial charge in [0, 0.05) is 5.92 Å². The van der Waals surface area contributed by atoms with Crippen LogP contribution < -0.4 is 9.47 Å². The van der Waals surface area contributed by atoms with Gasteiger partial charge in [0.25, 0.3) is 0 Å². The van der Waals surface area contributed by atoms with Crippen LogP contribution in [0.4, 0.5) is 0 Å². The predicted octanol–water partition coefficient (Wildman–Crippen LogP) is 3.39. The molecule has 0 N–H and O–H groups in total. The van der Waals surface area contributed by atoms with Crippen LogP contribution in [0.3, 0.4) is 0 Å². The Balaban J connectivity index is 3.00. The first kappa shape index (κ1) is 13.2. The minimum Gasteiger partial charge on any atom is -0.493 e. The lowest BCUT2D eigenvalue weighted by Gasteiger charge is -2.15. The molecule has 0 fully saturated rings. The SMILES string of the molecule is C#CCOc1ccc(C(C)C(=C)C)cc1OC. The quantitative estimate of drug-likeness (QED) is 0.570. The molecule has 0 saturated carbocycles. The third kappa shape index (κ3) is 3.29. The summed E-state index contributed by atoms with van der Waals surface area (Å²) in [6.07, 6.45) is 5.16. The fraction of sp³-hybridized carbons (Fsp3) is 0.333. The molecule has 0 aliphatic heterocycles. The Morgan fingerprint density at radius 3 is 2.71 bits per heavy atom. The van der Waals surface area contributed by atoms with Crippen molar-refractivity contribution in [3.05, 3.63) is 35.9 Å². The van der Waals surface area contributed by atoms with Gasteiger partial charge in [-0.15, -0.1) is 6.42 Å². The van der Waals surface area contributed by atoms with E-state index in [2.05, 4.69) is 19.4 Å². The molecule has 17 heavy (non-hydrogen) atoms. The van der Waals surface area contributed by atoms with Crippen molar-refractivity contribution in [3.63, 3.8) is 0 Å². The Morgan fingerprint density at radius 2 is 2.18 bits per heavy atom. The molecule has 1 aromatic carbocycles. The molecule has 0 bridgehead atoms. The average Bonchev–Trinajstić information content (AvgIpc) is 2.35. The van der Waals surface area contributed by atoms with Crippen molar-refractivity contribution in [2.75, 3.05) is 13.7 Å². The van der Waals surface area contributed by atoms with Crippen molar-refractivity contribution in [3.8, 4) is 23.8 Å². The monoisotopic (exact) mass is 230 g/mol. The Morgan fingerprint density at radius 1 is 1.47 bits per heavy atom. The second-order valence-corrected chi connectivity index (χ2v) is 3.97. The molecule has 2 nitrogen and oxygen atoms in total. The maximum Gasteiger partial charge on any atom is 0.162 e. The number of ether oxygens (including phenoxy) is 2. The normalized spacial score (nSPS) is 11.4. The third-order valence-electron chi connectivity index (χ3n) is 2.74. The Hall–Kier alpha value is -1.88. The standard InChI is InChI=1S/C15H18O2/c1-6-9-17-14-8-7-13(10-15(14)16-5)12(4)11(2)3/h1,7-8,10,12H,2,9H2,3-5H3. The summed E-state index contributed by atoms with van der Waals surface area (Å²) in [5.74, 6) is 4.10. The third-order valence-corrected chi connectivity index (χ3v) is 2.74. The first-order valence-corrected chi connectivity index (χ1v) is 5.49. The van der Waals surface area contributed by atoms with Gasteiger partial charge in [0.15, 0.2) is 11.5 Å². The van der Waals surface area contributed by atoms with E-state index < -0.39 is 0 Å². The van der Waals surface area contributed by atoms with E-state index in [-0.39, 0.29) is 6.61 Å². The van der Waals surface area contributed by atoms with Crippen LogP contribution in [0.2, 0.25) is 0 Å². The molecule has 1 aromatic rings. The lowest BCUT2D eigenvalue weighted by Crippen LogP contribution is -1.99. The molecule has 1 unspecified atom stereocenters. The van der Waals surface area contributed by atoms with E-state index >= 15 is 0 Å². The second kappa shape index (κ2) is 6.00. The van der Waals surface area contributed by atoms with E-state index in [1.807, 2.05) is 25.1 Å². The zero-order valence-corrected chi connectivity index (χ0v) is 10.6. The number of allylic oxidation sites excluding steroid dienone is 1. The summed E-state index contributed by atoms with van der Waals surface area (Å²) in [7, 11) is 1.62. The smallest absolute Gasteiger partial charge is 0.162 e. The minimum atomic E-state index is 0.242. The predicted molar refractivity (Wildman–Crippen MR) is 70.6 cm³/mol. The van der Waals surface area contributed by atoms with Gasteiger partial charge >= 0.3 is 0 Å². The minimum absolute atomic E-state index is 0.242. The van der Waals surface area contributed by atoms with Crippen molar-refractivity contribution >= 4 is 0 Å². The van der Waals surface area contributed by atoms with Crippen LogP contribution in [0, 0.1) is 12.3 Å². The van der Waals surface area contributed by atoms with Crippen molar-refractivity contribution in [1.29, 1.82) is 0 Å². The van der Waals surface area contributed by atoms with Gasteiger partial charge in [-0.05, 0) is 24.6 Å². The number of terminal acetylenes is 1. The van der Waals surface area contributed by atoms with E-state index in [1.165, 1.54) is 0 Å². The van der Waals surface area contributed by atoms with E-state index in [9.17, 15) is 0 Å². The van der Waals surface area contributed by atoms with Gasteiger partial charge in [-0.1, -0.05) is 31.1 Å². The molecule has 0 aromatic heterocycles. The molecule has 0 spiro atoms. The van der Waals surface area contributed by atoms with Crippen molar-refractivity contribution in [2.24, 2.45) is 0 Å². The van der Waals surface area contributed by atoms with Crippen LogP contribution in [0.1, 0.15) is 25.3 Å². The number of hydrogen-bond acceptors (Lipinski definition) is 2. The molecule has 0 saturated heterocycles. The van der Waals surface area contributed by atoms with Gasteiger partial charge < -0.3 is 9.47 Å². The van der Waals surface area contributed by atoms with Crippen LogP contribution in [0.15, 0.2) is 30.4 Å². The molecular weight excluding hydrogens is 212 g/mol. The van der Waals surface area contributed by atoms with E-state index in [0.29, 0.717) is 17.4 Å². The largest absolute Gasteiger partial charge is 0.493 e. The molecule has 0 radical (unpaired) electrons. The molecule has 1 atom stereocenters. The maximum absolute atomic E-state index is 5.39. The molecule has 0 amide bonds. The highest BCUT2D eigenvalue weighted by atomic mass is 16.5. The second-order valence-electron chi connectivity index (χ2n) is 3.97. The number of rotatable bonds is 5. The first-order chi connectivity index (χ1) is 8.10. The summed E-state index contributed by atoms with van der Waals surface area (Å²) in [6.45, 7) is 8.33. The Kier molecular flexibility index (Phi) is 4.66. The van der Waals surface area contributed by atoms with Gasteiger partial charge in [-0.2, -0.15) is 0 Å². The summed E-state index contributed by atoms with van der Waals surface area (Å²) in [5, 5.41) is 0. The summed E-state index contributed by atoms with van der Waals surface area (Å²) in [6, 6.07) is 5.85. The molecular formula is C15H18O2. The van der Waals surface area contributed by atoms with Crippen LogP contribution in [0.5, 0.6) is 11.5 Å². The molecule has 0 aliphatic rings. The number of benzene rings is 1. The lowest BCUT2D eigenvalue weighted by atomic mass is 9.95. The van der Waals surface area contributed by atoms with E-state index in [1.54, 1.807) is 7.11 Å². The molecule has 2 heteroatoms. The topological polar surface area (TPSA) is 18.5 Å². The average molecular weight is 230 g/mol. The van der Waals surface area contributed by atoms with Crippen LogP contribution in [-0.4, -0.2) is 13.7 Å². The molecule has 90 valence electrons. The number of methoxy groups -OCH3 is 1. The van der Waals surface area contributed by atoms with Crippen LogP contribution >= 0.6 is 0 Å². The molecule has 0 heterocycles. The van der Waals surface area contributed by atoms with Crippen molar-refractivity contribution < 1.29 is 9.47 Å². The molecule has 1 rings (SSSR count). The highest BCUT2D eigenvalue weighted by Crippen LogP contribution is 2.32. The number of hydrogen-bond donors (Lipinski definition) is 0. The fourth-order valence-corrected chi connectivity index (χ4v) is 1.48. The van der Waals surface area contributed by atoms with Gasteiger partial charge in [0.1, 0.15) is 6.61 Å². The summed E-state index contributed by atoms with van der Waals surface area (Å²) < 4.78 is 10.7. The van der Waals surface area contributed by atoms with Gasteiger partial charge in [0.2, 0.25) is 0 Å². The summed E-state index contributed by atoms with van der Waals surface area (Å²) in [5.41, 5.74) is 2.27. The highest BCUT2D eigenvalue weighted by Gasteiger charge is 2.10. The highest BCUT2D eigenvalue weighted by molar-refractivity contribution is 5.45. The first-order valence-electron chi connectivity index (χ1n) is 5.49. The maximum atomic E-state index is 5.39. The van der Waals surface area contributed by atoms with E-state index in [0.717, 1.165) is 11.1 Å². The van der Waals surface area contributed by atoms with Gasteiger partial charge in [0.05, 0.1) is 7.11 Å². The summed E-state index contributed by atoms with van der Waals surface area (Å²) in [4.78, 5) is 0. The zero-order valence-electron chi connectivity index (χ0n) is 10.6. The molecule has 0 aliphatic carbocycles. The Labute approximate surface area is 103 Å². The lowest BCUT2D eigenvalue weighted by molar-refractivity contribution is 0.330.